The second-order valence-corrected chi connectivity index (χ2v) is 4.66. The smallest absolute Gasteiger partial charge is 0.132 e. The Kier molecular flexibility index (Phi) is 3.92. The maximum absolute atomic E-state index is 5.56. The van der Waals surface area contributed by atoms with Crippen molar-refractivity contribution in [2.45, 2.75) is 32.6 Å². The number of benzene rings is 1. The van der Waals surface area contributed by atoms with Gasteiger partial charge in [-0.1, -0.05) is 38.1 Å². The summed E-state index contributed by atoms with van der Waals surface area (Å²) < 4.78 is 0. The first-order chi connectivity index (χ1) is 8.69. The van der Waals surface area contributed by atoms with Crippen LogP contribution in [-0.4, -0.2) is 9.97 Å². The lowest BCUT2D eigenvalue weighted by Crippen LogP contribution is -1.98. The second kappa shape index (κ2) is 5.63. The Morgan fingerprint density at radius 1 is 1.11 bits per heavy atom. The van der Waals surface area contributed by atoms with E-state index in [0.717, 1.165) is 12.2 Å². The van der Waals surface area contributed by atoms with Crippen LogP contribution in [0.15, 0.2) is 36.7 Å². The molecule has 1 unspecified atom stereocenters. The van der Waals surface area contributed by atoms with Crippen LogP contribution in [0.4, 0.5) is 5.69 Å². The average Bonchev–Trinajstić information content (AvgIpc) is 2.41. The second-order valence-electron chi connectivity index (χ2n) is 4.66. The highest BCUT2D eigenvalue weighted by molar-refractivity contribution is 5.31. The summed E-state index contributed by atoms with van der Waals surface area (Å²) in [5.74, 6) is 1.42. The molecule has 1 aromatic heterocycles. The van der Waals surface area contributed by atoms with Gasteiger partial charge in [0.2, 0.25) is 0 Å². The van der Waals surface area contributed by atoms with Gasteiger partial charge in [-0.15, -0.1) is 0 Å². The molecule has 94 valence electrons. The van der Waals surface area contributed by atoms with Crippen LogP contribution >= 0.6 is 0 Å². The van der Waals surface area contributed by atoms with Gasteiger partial charge in [0.15, 0.2) is 0 Å². The van der Waals surface area contributed by atoms with Gasteiger partial charge in [0.25, 0.3) is 0 Å². The van der Waals surface area contributed by atoms with E-state index in [0.29, 0.717) is 11.6 Å². The average molecular weight is 241 g/mol. The molecule has 1 heterocycles. The molecule has 3 nitrogen and oxygen atoms in total. The molecule has 0 saturated carbocycles. The third-order valence-corrected chi connectivity index (χ3v) is 3.25. The number of nitrogens with zero attached hydrogens (tertiary/aromatic N) is 2. The standard InChI is InChI=1S/C15H19N3/c1-3-11(2)13-6-4-12(5-7-13)8-15-17-9-14(16)10-18-15/h4-7,9-11H,3,8,16H2,1-2H3. The SMILES string of the molecule is CCC(C)c1ccc(Cc2ncc(N)cn2)cc1. The Hall–Kier alpha value is -1.90. The first kappa shape index (κ1) is 12.6. The predicted molar refractivity (Wildman–Crippen MR) is 74.4 cm³/mol. The van der Waals surface area contributed by atoms with Crippen molar-refractivity contribution < 1.29 is 0 Å². The molecule has 2 N–H and O–H groups in total. The Bertz CT molecular complexity index is 488. The summed E-state index contributed by atoms with van der Waals surface area (Å²) in [5, 5.41) is 0. The molecule has 3 heteroatoms. The van der Waals surface area contributed by atoms with Gasteiger partial charge in [-0.25, -0.2) is 9.97 Å². The number of anilines is 1. The fourth-order valence-electron chi connectivity index (χ4n) is 1.84. The van der Waals surface area contributed by atoms with Gasteiger partial charge in [-0.05, 0) is 23.5 Å². The van der Waals surface area contributed by atoms with Crippen LogP contribution in [0.1, 0.15) is 43.1 Å². The molecule has 0 aliphatic rings. The van der Waals surface area contributed by atoms with Crippen LogP contribution in [0.2, 0.25) is 0 Å². The maximum atomic E-state index is 5.56. The van der Waals surface area contributed by atoms with Crippen molar-refractivity contribution in [2.24, 2.45) is 0 Å². The predicted octanol–water partition coefficient (Wildman–Crippen LogP) is 3.16. The summed E-state index contributed by atoms with van der Waals surface area (Å²) in [6.07, 6.45) is 5.22. The van der Waals surface area contributed by atoms with Gasteiger partial charge in [-0.2, -0.15) is 0 Å². The highest BCUT2D eigenvalue weighted by Crippen LogP contribution is 2.19. The molecule has 18 heavy (non-hydrogen) atoms. The van der Waals surface area contributed by atoms with Crippen LogP contribution in [0, 0.1) is 0 Å². The van der Waals surface area contributed by atoms with E-state index in [1.165, 1.54) is 17.5 Å². The van der Waals surface area contributed by atoms with Crippen molar-refractivity contribution in [2.75, 3.05) is 5.73 Å². The van der Waals surface area contributed by atoms with Crippen molar-refractivity contribution >= 4 is 5.69 Å². The van der Waals surface area contributed by atoms with E-state index in [2.05, 4.69) is 48.1 Å². The van der Waals surface area contributed by atoms with Crippen LogP contribution in [0.5, 0.6) is 0 Å². The molecule has 0 bridgehead atoms. The number of hydrogen-bond acceptors (Lipinski definition) is 3. The van der Waals surface area contributed by atoms with Gasteiger partial charge < -0.3 is 5.73 Å². The minimum atomic E-state index is 0.603. The van der Waals surface area contributed by atoms with E-state index >= 15 is 0 Å². The zero-order valence-corrected chi connectivity index (χ0v) is 10.9. The molecule has 2 rings (SSSR count). The van der Waals surface area contributed by atoms with Gasteiger partial charge in [0.1, 0.15) is 5.82 Å². The summed E-state index contributed by atoms with van der Waals surface area (Å²) >= 11 is 0. The van der Waals surface area contributed by atoms with Gasteiger partial charge in [0.05, 0.1) is 18.1 Å². The van der Waals surface area contributed by atoms with Crippen molar-refractivity contribution in [3.8, 4) is 0 Å². The summed E-state index contributed by atoms with van der Waals surface area (Å²) in [6.45, 7) is 4.46. The molecule has 0 radical (unpaired) electrons. The minimum Gasteiger partial charge on any atom is -0.396 e. The first-order valence-electron chi connectivity index (χ1n) is 6.34. The normalized spacial score (nSPS) is 12.3. The number of aromatic nitrogens is 2. The minimum absolute atomic E-state index is 0.603. The molecule has 0 amide bonds. The lowest BCUT2D eigenvalue weighted by Gasteiger charge is -2.09. The van der Waals surface area contributed by atoms with Crippen LogP contribution in [0.25, 0.3) is 0 Å². The van der Waals surface area contributed by atoms with E-state index in [9.17, 15) is 0 Å². The highest BCUT2D eigenvalue weighted by Gasteiger charge is 2.03. The third kappa shape index (κ3) is 3.06. The maximum Gasteiger partial charge on any atom is 0.132 e. The summed E-state index contributed by atoms with van der Waals surface area (Å²) in [5.41, 5.74) is 8.78. The third-order valence-electron chi connectivity index (χ3n) is 3.25. The van der Waals surface area contributed by atoms with Crippen molar-refractivity contribution in [1.82, 2.24) is 9.97 Å². The van der Waals surface area contributed by atoms with Crippen LogP contribution < -0.4 is 5.73 Å². The van der Waals surface area contributed by atoms with E-state index in [-0.39, 0.29) is 0 Å². The Labute approximate surface area is 108 Å². The molecule has 2 aromatic rings. The Morgan fingerprint density at radius 3 is 2.28 bits per heavy atom. The highest BCUT2D eigenvalue weighted by atomic mass is 14.9. The van der Waals surface area contributed by atoms with Gasteiger partial charge in [-0.3, -0.25) is 0 Å². The zero-order valence-electron chi connectivity index (χ0n) is 10.9. The van der Waals surface area contributed by atoms with E-state index in [1.807, 2.05) is 0 Å². The molecule has 0 saturated heterocycles. The summed E-state index contributed by atoms with van der Waals surface area (Å²) in [7, 11) is 0. The van der Waals surface area contributed by atoms with Crippen LogP contribution in [0.3, 0.4) is 0 Å². The van der Waals surface area contributed by atoms with E-state index in [1.54, 1.807) is 12.4 Å². The number of nitrogen functional groups attached to an aromatic ring is 1. The monoisotopic (exact) mass is 241 g/mol. The number of nitrogens with two attached hydrogens (primary N) is 1. The molecular formula is C15H19N3. The van der Waals surface area contributed by atoms with Crippen LogP contribution in [-0.2, 0) is 6.42 Å². The summed E-state index contributed by atoms with van der Waals surface area (Å²) in [4.78, 5) is 8.42. The molecule has 1 aromatic carbocycles. The zero-order chi connectivity index (χ0) is 13.0. The van der Waals surface area contributed by atoms with E-state index < -0.39 is 0 Å². The topological polar surface area (TPSA) is 51.8 Å². The Balaban J connectivity index is 2.08. The summed E-state index contributed by atoms with van der Waals surface area (Å²) in [6, 6.07) is 8.70. The Morgan fingerprint density at radius 2 is 1.72 bits per heavy atom. The lowest BCUT2D eigenvalue weighted by molar-refractivity contribution is 0.733. The van der Waals surface area contributed by atoms with Gasteiger partial charge in [0, 0.05) is 6.42 Å². The molecule has 0 spiro atoms. The van der Waals surface area contributed by atoms with Crippen molar-refractivity contribution in [3.63, 3.8) is 0 Å². The van der Waals surface area contributed by atoms with Crippen molar-refractivity contribution in [1.29, 1.82) is 0 Å². The molecule has 0 fully saturated rings. The van der Waals surface area contributed by atoms with Gasteiger partial charge >= 0.3 is 0 Å². The molecular weight excluding hydrogens is 222 g/mol. The molecule has 1 atom stereocenters. The lowest BCUT2D eigenvalue weighted by atomic mass is 9.97. The quantitative estimate of drug-likeness (QED) is 0.894. The number of hydrogen-bond donors (Lipinski definition) is 1. The molecule has 0 aliphatic heterocycles. The molecule has 0 aliphatic carbocycles. The number of rotatable bonds is 4. The van der Waals surface area contributed by atoms with E-state index in [4.69, 9.17) is 5.73 Å². The fourth-order valence-corrected chi connectivity index (χ4v) is 1.84. The first-order valence-corrected chi connectivity index (χ1v) is 6.34. The fraction of sp³-hybridized carbons (Fsp3) is 0.333. The largest absolute Gasteiger partial charge is 0.396 e. The van der Waals surface area contributed by atoms with Crippen molar-refractivity contribution in [3.05, 3.63) is 53.6 Å².